The summed E-state index contributed by atoms with van der Waals surface area (Å²) in [4.78, 5) is 5.83. The molecular formula is C39H24N2S. The van der Waals surface area contributed by atoms with E-state index in [2.05, 4.69) is 137 Å². The second-order valence-corrected chi connectivity index (χ2v) is 11.8. The van der Waals surface area contributed by atoms with Crippen LogP contribution in [0.1, 0.15) is 0 Å². The van der Waals surface area contributed by atoms with Gasteiger partial charge in [-0.15, -0.1) is 11.3 Å². The van der Waals surface area contributed by atoms with Crippen molar-refractivity contribution in [1.82, 2.24) is 9.38 Å². The molecule has 3 heteroatoms. The fourth-order valence-corrected chi connectivity index (χ4v) is 7.80. The number of rotatable bonds is 3. The van der Waals surface area contributed by atoms with Gasteiger partial charge < -0.3 is 0 Å². The van der Waals surface area contributed by atoms with Crippen LogP contribution in [0.2, 0.25) is 0 Å². The summed E-state index contributed by atoms with van der Waals surface area (Å²) in [5, 5.41) is 6.49. The molecule has 0 aliphatic carbocycles. The molecule has 196 valence electrons. The van der Waals surface area contributed by atoms with Crippen LogP contribution in [-0.4, -0.2) is 9.38 Å². The molecule has 5 aromatic carbocycles. The predicted octanol–water partition coefficient (Wildman–Crippen LogP) is 11.0. The zero-order valence-corrected chi connectivity index (χ0v) is 23.5. The second kappa shape index (κ2) is 9.13. The average Bonchev–Trinajstić information content (AvgIpc) is 3.62. The van der Waals surface area contributed by atoms with Crippen molar-refractivity contribution in [2.45, 2.75) is 0 Å². The van der Waals surface area contributed by atoms with Crippen LogP contribution in [0, 0.1) is 0 Å². The van der Waals surface area contributed by atoms with Crippen molar-refractivity contribution >= 4 is 58.8 Å². The lowest BCUT2D eigenvalue weighted by molar-refractivity contribution is 1.33. The molecule has 0 atom stereocenters. The summed E-state index contributed by atoms with van der Waals surface area (Å²) in [6.45, 7) is 0. The zero-order valence-electron chi connectivity index (χ0n) is 22.7. The van der Waals surface area contributed by atoms with Gasteiger partial charge in [-0.2, -0.15) is 0 Å². The van der Waals surface area contributed by atoms with Gasteiger partial charge in [-0.25, -0.2) is 0 Å². The van der Waals surface area contributed by atoms with Crippen LogP contribution in [0.15, 0.2) is 146 Å². The third-order valence-electron chi connectivity index (χ3n) is 8.44. The molecule has 0 bridgehead atoms. The van der Waals surface area contributed by atoms with Gasteiger partial charge in [0.15, 0.2) is 0 Å². The van der Waals surface area contributed by atoms with Crippen LogP contribution in [0.25, 0.3) is 81.0 Å². The Morgan fingerprint density at radius 2 is 1.21 bits per heavy atom. The van der Waals surface area contributed by atoms with Gasteiger partial charge in [-0.3, -0.25) is 9.38 Å². The fraction of sp³-hybridized carbons (Fsp3) is 0. The van der Waals surface area contributed by atoms with Crippen LogP contribution >= 0.6 is 11.3 Å². The standard InChI is InChI=1S/C39H24N2S/c1-2-10-27(11-3-1)36-30-12-4-6-15-34(30)41-38(36)32-24-28(25-17-19-26(20-18-25)33-14-8-9-23-40-33)21-22-29(32)37-31-13-5-7-16-35(31)42-39(37)41/h1-24H. The van der Waals surface area contributed by atoms with Gasteiger partial charge in [-0.05, 0) is 52.4 Å². The lowest BCUT2D eigenvalue weighted by atomic mass is 9.95. The number of benzene rings is 5. The molecule has 0 unspecified atom stereocenters. The van der Waals surface area contributed by atoms with E-state index < -0.39 is 0 Å². The summed E-state index contributed by atoms with van der Waals surface area (Å²) in [5.74, 6) is 0. The number of para-hydroxylation sites is 1. The molecule has 0 amide bonds. The van der Waals surface area contributed by atoms with Crippen molar-refractivity contribution in [3.8, 4) is 33.5 Å². The van der Waals surface area contributed by atoms with Crippen LogP contribution in [0.4, 0.5) is 0 Å². The first-order chi connectivity index (χ1) is 20.8. The smallest absolute Gasteiger partial charge is 0.109 e. The molecular weight excluding hydrogens is 529 g/mol. The van der Waals surface area contributed by atoms with Gasteiger partial charge in [-0.1, -0.05) is 109 Å². The van der Waals surface area contributed by atoms with Gasteiger partial charge >= 0.3 is 0 Å². The molecule has 4 aromatic heterocycles. The summed E-state index contributed by atoms with van der Waals surface area (Å²) < 4.78 is 3.84. The highest BCUT2D eigenvalue weighted by Crippen LogP contribution is 2.47. The first-order valence-electron chi connectivity index (χ1n) is 14.2. The Morgan fingerprint density at radius 1 is 0.500 bits per heavy atom. The summed E-state index contributed by atoms with van der Waals surface area (Å²) in [6.07, 6.45) is 1.85. The molecule has 0 saturated heterocycles. The predicted molar refractivity (Wildman–Crippen MR) is 179 cm³/mol. The molecule has 0 aliphatic rings. The number of thiophene rings is 1. The first kappa shape index (κ1) is 23.5. The first-order valence-corrected chi connectivity index (χ1v) is 15.0. The van der Waals surface area contributed by atoms with E-state index in [1.807, 2.05) is 29.7 Å². The van der Waals surface area contributed by atoms with Crippen molar-refractivity contribution in [2.75, 3.05) is 0 Å². The SMILES string of the molecule is c1ccc(-c2c3ccccc3n3c4sc5ccccc5c4c4ccc(-c5ccc(-c6ccccn6)cc5)cc4c23)cc1. The van der Waals surface area contributed by atoms with E-state index in [0.29, 0.717) is 0 Å². The van der Waals surface area contributed by atoms with Crippen molar-refractivity contribution < 1.29 is 0 Å². The van der Waals surface area contributed by atoms with Crippen LogP contribution in [-0.2, 0) is 0 Å². The molecule has 0 radical (unpaired) electrons. The summed E-state index contributed by atoms with van der Waals surface area (Å²) in [5.41, 5.74) is 9.56. The van der Waals surface area contributed by atoms with Crippen molar-refractivity contribution in [3.05, 3.63) is 146 Å². The highest BCUT2D eigenvalue weighted by molar-refractivity contribution is 7.25. The Bertz CT molecular complexity index is 2430. The van der Waals surface area contributed by atoms with Crippen molar-refractivity contribution in [3.63, 3.8) is 0 Å². The van der Waals surface area contributed by atoms with Gasteiger partial charge in [0.05, 0.1) is 16.7 Å². The van der Waals surface area contributed by atoms with Gasteiger partial charge in [0.25, 0.3) is 0 Å². The van der Waals surface area contributed by atoms with Crippen molar-refractivity contribution in [2.24, 2.45) is 0 Å². The molecule has 42 heavy (non-hydrogen) atoms. The summed E-state index contributed by atoms with van der Waals surface area (Å²) in [6, 6.07) is 50.4. The number of pyridine rings is 2. The lowest BCUT2D eigenvalue weighted by Crippen LogP contribution is -1.90. The third kappa shape index (κ3) is 3.41. The molecule has 9 rings (SSSR count). The van der Waals surface area contributed by atoms with Gasteiger partial charge in [0, 0.05) is 43.6 Å². The quantitative estimate of drug-likeness (QED) is 0.213. The Morgan fingerprint density at radius 3 is 2.05 bits per heavy atom. The maximum Gasteiger partial charge on any atom is 0.109 e. The number of hydrogen-bond donors (Lipinski definition) is 0. The number of hydrogen-bond acceptors (Lipinski definition) is 2. The summed E-state index contributed by atoms with van der Waals surface area (Å²) in [7, 11) is 0. The topological polar surface area (TPSA) is 17.3 Å². The minimum absolute atomic E-state index is 0.989. The Hall–Kier alpha value is -5.25. The van der Waals surface area contributed by atoms with Crippen LogP contribution in [0.3, 0.4) is 0 Å². The maximum absolute atomic E-state index is 4.53. The van der Waals surface area contributed by atoms with E-state index in [0.717, 1.165) is 11.3 Å². The summed E-state index contributed by atoms with van der Waals surface area (Å²) >= 11 is 1.89. The van der Waals surface area contributed by atoms with E-state index in [1.165, 1.54) is 69.7 Å². The monoisotopic (exact) mass is 552 g/mol. The highest BCUT2D eigenvalue weighted by Gasteiger charge is 2.22. The second-order valence-electron chi connectivity index (χ2n) is 10.8. The Balaban J connectivity index is 1.41. The number of nitrogens with zero attached hydrogens (tertiary/aromatic N) is 2. The normalized spacial score (nSPS) is 11.8. The zero-order chi connectivity index (χ0) is 27.6. The average molecular weight is 553 g/mol. The van der Waals surface area contributed by atoms with Crippen LogP contribution < -0.4 is 0 Å². The highest BCUT2D eigenvalue weighted by atomic mass is 32.1. The van der Waals surface area contributed by atoms with E-state index in [4.69, 9.17) is 0 Å². The minimum Gasteiger partial charge on any atom is -0.299 e. The number of fused-ring (bicyclic) bond motifs is 10. The molecule has 4 heterocycles. The third-order valence-corrected chi connectivity index (χ3v) is 9.60. The molecule has 2 nitrogen and oxygen atoms in total. The van der Waals surface area contributed by atoms with Gasteiger partial charge in [0.1, 0.15) is 4.83 Å². The molecule has 0 fully saturated rings. The molecule has 0 N–H and O–H groups in total. The molecule has 0 aliphatic heterocycles. The van der Waals surface area contributed by atoms with E-state index in [-0.39, 0.29) is 0 Å². The fourth-order valence-electron chi connectivity index (χ4n) is 6.56. The number of aromatic nitrogens is 2. The van der Waals surface area contributed by atoms with E-state index in [1.54, 1.807) is 0 Å². The minimum atomic E-state index is 0.989. The lowest BCUT2D eigenvalue weighted by Gasteiger charge is -2.12. The largest absolute Gasteiger partial charge is 0.299 e. The van der Waals surface area contributed by atoms with Crippen molar-refractivity contribution in [1.29, 1.82) is 0 Å². The van der Waals surface area contributed by atoms with Gasteiger partial charge in [0.2, 0.25) is 0 Å². The maximum atomic E-state index is 4.53. The Labute approximate surface area is 246 Å². The molecule has 0 saturated carbocycles. The molecule has 9 aromatic rings. The van der Waals surface area contributed by atoms with Crippen LogP contribution in [0.5, 0.6) is 0 Å². The Kier molecular flexibility index (Phi) is 5.10. The van der Waals surface area contributed by atoms with E-state index >= 15 is 0 Å². The van der Waals surface area contributed by atoms with E-state index in [9.17, 15) is 0 Å². The molecule has 0 spiro atoms.